The van der Waals surface area contributed by atoms with Gasteiger partial charge in [0.05, 0.1) is 16.2 Å². The van der Waals surface area contributed by atoms with Crippen molar-refractivity contribution in [2.75, 3.05) is 13.7 Å². The lowest BCUT2D eigenvalue weighted by Crippen LogP contribution is -2.45. The minimum absolute atomic E-state index is 0.169. The van der Waals surface area contributed by atoms with Gasteiger partial charge in [-0.3, -0.25) is 4.79 Å². The summed E-state index contributed by atoms with van der Waals surface area (Å²) in [4.78, 5) is 12.3. The highest BCUT2D eigenvalue weighted by molar-refractivity contribution is 6.33. The molecule has 0 heterocycles. The number of ether oxygens (including phenoxy) is 1. The number of benzene rings is 2. The molecule has 0 atom stereocenters. The van der Waals surface area contributed by atoms with Crippen molar-refractivity contribution in [2.45, 2.75) is 18.4 Å². The summed E-state index contributed by atoms with van der Waals surface area (Å²) in [6.45, 7) is 0.461. The zero-order valence-corrected chi connectivity index (χ0v) is 13.2. The largest absolute Gasteiger partial charge is 0.376 e. The zero-order valence-electron chi connectivity index (χ0n) is 12.4. The number of carbonyl (C=O) groups excluding carboxylic acids is 1. The van der Waals surface area contributed by atoms with Crippen LogP contribution in [0.4, 0.5) is 0 Å². The Bertz CT molecular complexity index is 674. The maximum Gasteiger partial charge on any atom is 0.252 e. The van der Waals surface area contributed by atoms with E-state index in [-0.39, 0.29) is 11.5 Å². The topological polar surface area (TPSA) is 38.3 Å². The van der Waals surface area contributed by atoms with E-state index in [0.29, 0.717) is 17.1 Å². The molecule has 0 spiro atoms. The predicted molar refractivity (Wildman–Crippen MR) is 87.4 cm³/mol. The van der Waals surface area contributed by atoms with E-state index < -0.39 is 0 Å². The third kappa shape index (κ3) is 2.87. The lowest BCUT2D eigenvalue weighted by atomic mass is 10.00. The summed E-state index contributed by atoms with van der Waals surface area (Å²) in [6, 6.07) is 15.4. The van der Waals surface area contributed by atoms with E-state index in [1.807, 2.05) is 18.2 Å². The highest BCUT2D eigenvalue weighted by Crippen LogP contribution is 2.32. The Balaban J connectivity index is 1.71. The van der Waals surface area contributed by atoms with Gasteiger partial charge in [-0.1, -0.05) is 48.0 Å². The van der Waals surface area contributed by atoms with Gasteiger partial charge in [-0.15, -0.1) is 0 Å². The molecule has 1 N–H and O–H groups in total. The normalized spacial score (nSPS) is 15.4. The number of amides is 1. The van der Waals surface area contributed by atoms with Crippen molar-refractivity contribution in [2.24, 2.45) is 0 Å². The number of halogens is 1. The molecule has 0 saturated heterocycles. The van der Waals surface area contributed by atoms with Crippen molar-refractivity contribution in [1.82, 2.24) is 5.32 Å². The van der Waals surface area contributed by atoms with Gasteiger partial charge in [-0.25, -0.2) is 0 Å². The minimum Gasteiger partial charge on any atom is -0.376 e. The van der Waals surface area contributed by atoms with Crippen LogP contribution in [0, 0.1) is 0 Å². The summed E-state index contributed by atoms with van der Waals surface area (Å²) < 4.78 is 5.75. The molecular formula is C18H18ClNO2. The molecule has 2 aromatic carbocycles. The Morgan fingerprint density at radius 1 is 1.14 bits per heavy atom. The van der Waals surface area contributed by atoms with Crippen molar-refractivity contribution >= 4 is 17.5 Å². The highest BCUT2D eigenvalue weighted by Gasteiger charge is 2.37. The Morgan fingerprint density at radius 2 is 1.73 bits per heavy atom. The number of methoxy groups -OCH3 is 1. The fourth-order valence-corrected chi connectivity index (χ4v) is 3.20. The first kappa shape index (κ1) is 15.1. The van der Waals surface area contributed by atoms with E-state index in [1.165, 1.54) is 11.1 Å². The molecule has 3 nitrogen and oxygen atoms in total. The molecule has 0 aromatic heterocycles. The molecule has 3 rings (SSSR count). The Morgan fingerprint density at radius 3 is 2.32 bits per heavy atom. The third-order valence-electron chi connectivity index (χ3n) is 4.27. The number of hydrogen-bond acceptors (Lipinski definition) is 2. The van der Waals surface area contributed by atoms with E-state index in [9.17, 15) is 4.79 Å². The molecular weight excluding hydrogens is 298 g/mol. The van der Waals surface area contributed by atoms with Gasteiger partial charge in [-0.2, -0.15) is 0 Å². The first-order valence-electron chi connectivity index (χ1n) is 7.28. The number of carbonyl (C=O) groups is 1. The molecule has 0 aliphatic heterocycles. The van der Waals surface area contributed by atoms with Crippen molar-refractivity contribution < 1.29 is 9.53 Å². The van der Waals surface area contributed by atoms with Crippen LogP contribution in [0.15, 0.2) is 48.5 Å². The van der Waals surface area contributed by atoms with Crippen LogP contribution in [0.2, 0.25) is 5.02 Å². The van der Waals surface area contributed by atoms with E-state index in [2.05, 4.69) is 17.4 Å². The second-order valence-electron chi connectivity index (χ2n) is 5.67. The zero-order chi connectivity index (χ0) is 15.6. The van der Waals surface area contributed by atoms with E-state index in [0.717, 1.165) is 12.8 Å². The van der Waals surface area contributed by atoms with Crippen LogP contribution in [0.25, 0.3) is 0 Å². The lowest BCUT2D eigenvalue weighted by Gasteiger charge is -2.27. The average Bonchev–Trinajstić information content (AvgIpc) is 2.92. The van der Waals surface area contributed by atoms with Gasteiger partial charge in [-0.05, 0) is 23.3 Å². The molecule has 4 heteroatoms. The quantitative estimate of drug-likeness (QED) is 0.940. The molecule has 1 aliphatic rings. The fourth-order valence-electron chi connectivity index (χ4n) is 2.98. The monoisotopic (exact) mass is 315 g/mol. The second kappa shape index (κ2) is 6.11. The second-order valence-corrected chi connectivity index (χ2v) is 6.08. The number of fused-ring (bicyclic) bond motifs is 1. The van der Waals surface area contributed by atoms with Crippen LogP contribution in [-0.2, 0) is 17.6 Å². The predicted octanol–water partition coefficient (Wildman–Crippen LogP) is 3.25. The Hall–Kier alpha value is -1.84. The van der Waals surface area contributed by atoms with Crippen LogP contribution in [0.1, 0.15) is 21.5 Å². The molecule has 0 fully saturated rings. The summed E-state index contributed by atoms with van der Waals surface area (Å²) in [6.07, 6.45) is 1.62. The number of hydrogen-bond donors (Lipinski definition) is 1. The first-order valence-corrected chi connectivity index (χ1v) is 7.66. The van der Waals surface area contributed by atoms with Gasteiger partial charge in [0.25, 0.3) is 5.91 Å². The van der Waals surface area contributed by atoms with E-state index in [1.54, 1.807) is 25.3 Å². The van der Waals surface area contributed by atoms with Crippen molar-refractivity contribution in [3.8, 4) is 0 Å². The fraction of sp³-hybridized carbons (Fsp3) is 0.278. The maximum atomic E-state index is 12.3. The standard InChI is InChI=1S/C18H18ClNO2/c1-22-18(10-13-6-2-3-7-14(13)11-18)12-20-17(21)15-8-4-5-9-16(15)19/h2-9H,10-12H2,1H3,(H,20,21). The molecule has 0 unspecified atom stereocenters. The smallest absolute Gasteiger partial charge is 0.252 e. The van der Waals surface area contributed by atoms with Crippen LogP contribution < -0.4 is 5.32 Å². The van der Waals surface area contributed by atoms with Gasteiger partial charge in [0, 0.05) is 26.5 Å². The van der Waals surface area contributed by atoms with Gasteiger partial charge in [0.1, 0.15) is 0 Å². The Labute approximate surface area is 135 Å². The van der Waals surface area contributed by atoms with Crippen LogP contribution in [0.3, 0.4) is 0 Å². The van der Waals surface area contributed by atoms with Gasteiger partial charge in [0.15, 0.2) is 0 Å². The minimum atomic E-state index is -0.374. The van der Waals surface area contributed by atoms with Crippen LogP contribution in [-0.4, -0.2) is 25.2 Å². The molecule has 22 heavy (non-hydrogen) atoms. The maximum absolute atomic E-state index is 12.3. The lowest BCUT2D eigenvalue weighted by molar-refractivity contribution is 0.000177. The summed E-state index contributed by atoms with van der Waals surface area (Å²) in [5.41, 5.74) is 2.69. The summed E-state index contributed by atoms with van der Waals surface area (Å²) >= 11 is 6.06. The van der Waals surface area contributed by atoms with Gasteiger partial charge >= 0.3 is 0 Å². The van der Waals surface area contributed by atoms with Gasteiger partial charge < -0.3 is 10.1 Å². The van der Waals surface area contributed by atoms with E-state index >= 15 is 0 Å². The van der Waals surface area contributed by atoms with Crippen molar-refractivity contribution in [3.63, 3.8) is 0 Å². The van der Waals surface area contributed by atoms with Crippen LogP contribution in [0.5, 0.6) is 0 Å². The number of rotatable bonds is 4. The average molecular weight is 316 g/mol. The molecule has 0 radical (unpaired) electrons. The molecule has 2 aromatic rings. The molecule has 114 valence electrons. The molecule has 0 saturated carbocycles. The van der Waals surface area contributed by atoms with E-state index in [4.69, 9.17) is 16.3 Å². The molecule has 1 aliphatic carbocycles. The van der Waals surface area contributed by atoms with Crippen molar-refractivity contribution in [3.05, 3.63) is 70.2 Å². The SMILES string of the molecule is COC1(CNC(=O)c2ccccc2Cl)Cc2ccccc2C1. The Kier molecular flexibility index (Phi) is 4.19. The highest BCUT2D eigenvalue weighted by atomic mass is 35.5. The molecule has 0 bridgehead atoms. The first-order chi connectivity index (χ1) is 10.6. The number of nitrogens with one attached hydrogen (secondary N) is 1. The van der Waals surface area contributed by atoms with Crippen LogP contribution >= 0.6 is 11.6 Å². The third-order valence-corrected chi connectivity index (χ3v) is 4.60. The van der Waals surface area contributed by atoms with Gasteiger partial charge in [0.2, 0.25) is 0 Å². The summed E-state index contributed by atoms with van der Waals surface area (Å²) in [5.74, 6) is -0.169. The summed E-state index contributed by atoms with van der Waals surface area (Å²) in [7, 11) is 1.70. The molecule has 1 amide bonds. The van der Waals surface area contributed by atoms with Crippen molar-refractivity contribution in [1.29, 1.82) is 0 Å². The summed E-state index contributed by atoms with van der Waals surface area (Å²) in [5, 5.41) is 3.42.